The molecule has 1 atom stereocenters. The van der Waals surface area contributed by atoms with E-state index in [1.807, 2.05) is 6.92 Å². The van der Waals surface area contributed by atoms with E-state index in [1.165, 1.54) is 0 Å². The normalized spacial score (nSPS) is 13.2. The molecule has 2 nitrogen and oxygen atoms in total. The van der Waals surface area contributed by atoms with Gasteiger partial charge in [0, 0.05) is 0 Å². The minimum Gasteiger partial charge on any atom is -0.369 e. The van der Waals surface area contributed by atoms with Gasteiger partial charge >= 0.3 is 0 Å². The molecule has 0 saturated heterocycles. The van der Waals surface area contributed by atoms with Gasteiger partial charge in [0.15, 0.2) is 0 Å². The summed E-state index contributed by atoms with van der Waals surface area (Å²) < 4.78 is 0.0256. The van der Waals surface area contributed by atoms with E-state index < -0.39 is 0 Å². The molecule has 0 aromatic rings. The molecule has 0 rings (SSSR count). The van der Waals surface area contributed by atoms with Crippen molar-refractivity contribution in [2.24, 2.45) is 5.73 Å². The zero-order chi connectivity index (χ0) is 6.57. The lowest BCUT2D eigenvalue weighted by molar-refractivity contribution is -0.117. The standard InChI is InChI=1S/C5H10INO/c1-2-3-4(6)5(7)8/h4H,2-3H2,1H3,(H2,7,8). The first kappa shape index (κ1) is 8.20. The highest BCUT2D eigenvalue weighted by molar-refractivity contribution is 14.1. The Hall–Kier alpha value is 0.200. The second-order valence-electron chi connectivity index (χ2n) is 1.66. The summed E-state index contributed by atoms with van der Waals surface area (Å²) >= 11 is 2.06. The molecule has 0 heterocycles. The van der Waals surface area contributed by atoms with E-state index in [0.29, 0.717) is 0 Å². The van der Waals surface area contributed by atoms with Gasteiger partial charge in [-0.15, -0.1) is 0 Å². The highest BCUT2D eigenvalue weighted by atomic mass is 127. The number of primary amides is 1. The van der Waals surface area contributed by atoms with Gasteiger partial charge < -0.3 is 5.73 Å². The first-order valence-corrected chi connectivity index (χ1v) is 3.86. The fourth-order valence-corrected chi connectivity index (χ4v) is 1.02. The molecule has 0 aromatic carbocycles. The Morgan fingerprint density at radius 3 is 2.50 bits per heavy atom. The van der Waals surface area contributed by atoms with Crippen molar-refractivity contribution in [2.75, 3.05) is 0 Å². The van der Waals surface area contributed by atoms with Gasteiger partial charge in [0.1, 0.15) is 0 Å². The number of amides is 1. The quantitative estimate of drug-likeness (QED) is 0.568. The summed E-state index contributed by atoms with van der Waals surface area (Å²) in [6.07, 6.45) is 1.92. The van der Waals surface area contributed by atoms with Crippen molar-refractivity contribution in [3.63, 3.8) is 0 Å². The molecule has 0 aliphatic heterocycles. The number of hydrogen-bond acceptors (Lipinski definition) is 1. The third-order valence-electron chi connectivity index (χ3n) is 0.851. The van der Waals surface area contributed by atoms with Gasteiger partial charge in [-0.1, -0.05) is 35.9 Å². The van der Waals surface area contributed by atoms with E-state index in [1.54, 1.807) is 0 Å². The average Bonchev–Trinajstić information content (AvgIpc) is 1.67. The maximum atomic E-state index is 10.3. The zero-order valence-electron chi connectivity index (χ0n) is 4.86. The van der Waals surface area contributed by atoms with Crippen molar-refractivity contribution in [3.8, 4) is 0 Å². The number of rotatable bonds is 3. The van der Waals surface area contributed by atoms with Gasteiger partial charge in [-0.25, -0.2) is 0 Å². The SMILES string of the molecule is CCCC(I)C(N)=O. The van der Waals surface area contributed by atoms with Crippen molar-refractivity contribution in [1.82, 2.24) is 0 Å². The summed E-state index contributed by atoms with van der Waals surface area (Å²) in [5, 5.41) is 0. The monoisotopic (exact) mass is 227 g/mol. The van der Waals surface area contributed by atoms with Crippen LogP contribution in [0.4, 0.5) is 0 Å². The first-order chi connectivity index (χ1) is 3.68. The smallest absolute Gasteiger partial charge is 0.230 e. The van der Waals surface area contributed by atoms with Crippen molar-refractivity contribution in [1.29, 1.82) is 0 Å². The molecule has 3 heteroatoms. The van der Waals surface area contributed by atoms with Gasteiger partial charge in [-0.2, -0.15) is 0 Å². The molecule has 0 aromatic heterocycles. The number of carbonyl (C=O) groups is 1. The Labute approximate surface area is 63.0 Å². The molecular weight excluding hydrogens is 217 g/mol. The predicted molar refractivity (Wildman–Crippen MR) is 41.9 cm³/mol. The van der Waals surface area contributed by atoms with Gasteiger partial charge in [-0.3, -0.25) is 4.79 Å². The van der Waals surface area contributed by atoms with Crippen LogP contribution in [0.1, 0.15) is 19.8 Å². The van der Waals surface area contributed by atoms with Crippen LogP contribution in [0, 0.1) is 0 Å². The molecule has 1 amide bonds. The zero-order valence-corrected chi connectivity index (χ0v) is 7.01. The van der Waals surface area contributed by atoms with E-state index in [-0.39, 0.29) is 9.83 Å². The van der Waals surface area contributed by atoms with E-state index in [0.717, 1.165) is 12.8 Å². The summed E-state index contributed by atoms with van der Waals surface area (Å²) in [7, 11) is 0. The van der Waals surface area contributed by atoms with Crippen molar-refractivity contribution in [2.45, 2.75) is 23.7 Å². The van der Waals surface area contributed by atoms with Crippen LogP contribution < -0.4 is 5.73 Å². The van der Waals surface area contributed by atoms with Crippen molar-refractivity contribution >= 4 is 28.5 Å². The third kappa shape index (κ3) is 3.23. The molecule has 0 aliphatic rings. The van der Waals surface area contributed by atoms with Gasteiger partial charge in [0.25, 0.3) is 0 Å². The van der Waals surface area contributed by atoms with Gasteiger partial charge in [-0.05, 0) is 6.42 Å². The number of halogens is 1. The van der Waals surface area contributed by atoms with Crippen LogP contribution in [0.5, 0.6) is 0 Å². The largest absolute Gasteiger partial charge is 0.369 e. The fraction of sp³-hybridized carbons (Fsp3) is 0.800. The average molecular weight is 227 g/mol. The fourth-order valence-electron chi connectivity index (χ4n) is 0.396. The summed E-state index contributed by atoms with van der Waals surface area (Å²) in [6.45, 7) is 2.04. The minimum absolute atomic E-state index is 0.0256. The highest BCUT2D eigenvalue weighted by Crippen LogP contribution is 2.06. The summed E-state index contributed by atoms with van der Waals surface area (Å²) in [5.41, 5.74) is 4.98. The Bertz CT molecular complexity index is 84.5. The third-order valence-corrected chi connectivity index (χ3v) is 2.09. The molecule has 0 fully saturated rings. The maximum Gasteiger partial charge on any atom is 0.230 e. The number of carbonyl (C=O) groups excluding carboxylic acids is 1. The van der Waals surface area contributed by atoms with E-state index in [9.17, 15) is 4.79 Å². The van der Waals surface area contributed by atoms with E-state index in [2.05, 4.69) is 22.6 Å². The van der Waals surface area contributed by atoms with E-state index >= 15 is 0 Å². The Morgan fingerprint density at radius 2 is 2.38 bits per heavy atom. The van der Waals surface area contributed by atoms with Gasteiger partial charge in [0.05, 0.1) is 3.92 Å². The van der Waals surface area contributed by atoms with Crippen molar-refractivity contribution in [3.05, 3.63) is 0 Å². The topological polar surface area (TPSA) is 43.1 Å². The lowest BCUT2D eigenvalue weighted by Gasteiger charge is -1.99. The number of hydrogen-bond donors (Lipinski definition) is 1. The van der Waals surface area contributed by atoms with Crippen LogP contribution in [0.3, 0.4) is 0 Å². The molecule has 48 valence electrons. The molecule has 0 saturated carbocycles. The Morgan fingerprint density at radius 1 is 1.88 bits per heavy atom. The number of nitrogens with two attached hydrogens (primary N) is 1. The minimum atomic E-state index is -0.201. The molecule has 1 unspecified atom stereocenters. The number of alkyl halides is 1. The lowest BCUT2D eigenvalue weighted by atomic mass is 10.2. The van der Waals surface area contributed by atoms with Crippen LogP contribution in [0.25, 0.3) is 0 Å². The summed E-state index contributed by atoms with van der Waals surface area (Å²) in [6, 6.07) is 0. The second kappa shape index (κ2) is 4.12. The summed E-state index contributed by atoms with van der Waals surface area (Å²) in [4.78, 5) is 10.3. The lowest BCUT2D eigenvalue weighted by Crippen LogP contribution is -2.22. The second-order valence-corrected chi connectivity index (χ2v) is 3.16. The molecule has 0 aliphatic carbocycles. The van der Waals surface area contributed by atoms with Crippen LogP contribution in [-0.2, 0) is 4.79 Å². The maximum absolute atomic E-state index is 10.3. The van der Waals surface area contributed by atoms with E-state index in [4.69, 9.17) is 5.73 Å². The molecular formula is C5H10INO. The first-order valence-electron chi connectivity index (χ1n) is 2.62. The Kier molecular flexibility index (Phi) is 4.22. The predicted octanol–water partition coefficient (Wildman–Crippen LogP) is 1.08. The summed E-state index contributed by atoms with van der Waals surface area (Å²) in [5.74, 6) is -0.201. The van der Waals surface area contributed by atoms with Crippen LogP contribution >= 0.6 is 22.6 Å². The molecule has 0 bridgehead atoms. The van der Waals surface area contributed by atoms with Crippen LogP contribution in [0.2, 0.25) is 0 Å². The Balaban J connectivity index is 3.32. The van der Waals surface area contributed by atoms with Gasteiger partial charge in [0.2, 0.25) is 5.91 Å². The molecule has 0 spiro atoms. The highest BCUT2D eigenvalue weighted by Gasteiger charge is 2.06. The molecule has 8 heavy (non-hydrogen) atoms. The van der Waals surface area contributed by atoms with Crippen LogP contribution in [-0.4, -0.2) is 9.83 Å². The van der Waals surface area contributed by atoms with Crippen molar-refractivity contribution < 1.29 is 4.79 Å². The van der Waals surface area contributed by atoms with Crippen LogP contribution in [0.15, 0.2) is 0 Å². The molecule has 2 N–H and O–H groups in total. The molecule has 0 radical (unpaired) electrons.